The van der Waals surface area contributed by atoms with Gasteiger partial charge < -0.3 is 34.6 Å². The first-order chi connectivity index (χ1) is 24.4. The number of ether oxygens (including phenoxy) is 3. The molecule has 2 aliphatic rings. The highest BCUT2D eigenvalue weighted by molar-refractivity contribution is 7.09. The number of aromatic nitrogens is 3. The molecular weight excluding hydrogens is 649 g/mol. The first-order valence-electron chi connectivity index (χ1n) is 17.5. The highest BCUT2D eigenvalue weighted by atomic mass is 32.1. The number of hydrogen-bond donors (Lipinski definition) is 3. The Morgan fingerprint density at radius 1 is 1.12 bits per heavy atom. The van der Waals surface area contributed by atoms with Crippen LogP contribution >= 0.6 is 11.3 Å². The van der Waals surface area contributed by atoms with Crippen molar-refractivity contribution in [3.8, 4) is 28.5 Å². The first-order valence-corrected chi connectivity index (χ1v) is 18.4. The van der Waals surface area contributed by atoms with Crippen LogP contribution in [0.4, 0.5) is 0 Å². The van der Waals surface area contributed by atoms with Crippen LogP contribution in [0.1, 0.15) is 81.7 Å². The summed E-state index contributed by atoms with van der Waals surface area (Å²) in [5, 5.41) is 14.8. The van der Waals surface area contributed by atoms with Gasteiger partial charge in [-0.2, -0.15) is 0 Å². The molecular formula is C40H42N4O5S. The molecule has 1 amide bonds. The van der Waals surface area contributed by atoms with Gasteiger partial charge in [0, 0.05) is 56.5 Å². The highest BCUT2D eigenvalue weighted by Crippen LogP contribution is 2.51. The number of primary amides is 1. The maximum absolute atomic E-state index is 12.4. The number of nitrogens with two attached hydrogens (primary N) is 1. The van der Waals surface area contributed by atoms with Gasteiger partial charge in [0.1, 0.15) is 30.5 Å². The van der Waals surface area contributed by atoms with Crippen molar-refractivity contribution < 1.29 is 24.1 Å². The summed E-state index contributed by atoms with van der Waals surface area (Å²) in [5.74, 6) is 2.05. The Labute approximate surface area is 295 Å². The summed E-state index contributed by atoms with van der Waals surface area (Å²) in [6.07, 6.45) is 8.63. The molecule has 1 aliphatic carbocycles. The van der Waals surface area contributed by atoms with Crippen LogP contribution in [0.3, 0.4) is 0 Å². The Balaban J connectivity index is 1.38. The van der Waals surface area contributed by atoms with Gasteiger partial charge >= 0.3 is 0 Å². The van der Waals surface area contributed by atoms with E-state index in [1.54, 1.807) is 18.4 Å². The Morgan fingerprint density at radius 3 is 2.74 bits per heavy atom. The number of thiazole rings is 1. The van der Waals surface area contributed by atoms with Gasteiger partial charge in [-0.1, -0.05) is 25.3 Å². The molecule has 50 heavy (non-hydrogen) atoms. The summed E-state index contributed by atoms with van der Waals surface area (Å²) >= 11 is 1.65. The third-order valence-electron chi connectivity index (χ3n) is 10.4. The molecule has 1 fully saturated rings. The fourth-order valence-electron chi connectivity index (χ4n) is 8.17. The number of aliphatic hydroxyl groups is 1. The van der Waals surface area contributed by atoms with Crippen LogP contribution in [0.5, 0.6) is 17.2 Å². The van der Waals surface area contributed by atoms with E-state index in [0.717, 1.165) is 73.8 Å². The predicted octanol–water partition coefficient (Wildman–Crippen LogP) is 7.85. The number of fused-ring (bicyclic) bond motifs is 6. The van der Waals surface area contributed by atoms with Crippen molar-refractivity contribution in [1.82, 2.24) is 14.5 Å². The van der Waals surface area contributed by atoms with Gasteiger partial charge in [-0.15, -0.1) is 11.3 Å². The molecule has 1 aliphatic heterocycles. The number of nitrogens with one attached hydrogen (secondary N) is 1. The van der Waals surface area contributed by atoms with E-state index in [1.807, 2.05) is 43.3 Å². The summed E-state index contributed by atoms with van der Waals surface area (Å²) < 4.78 is 20.8. The number of aromatic amines is 1. The lowest BCUT2D eigenvalue weighted by Crippen LogP contribution is -2.11. The van der Waals surface area contributed by atoms with E-state index >= 15 is 0 Å². The zero-order valence-electron chi connectivity index (χ0n) is 28.5. The van der Waals surface area contributed by atoms with Gasteiger partial charge in [0.15, 0.2) is 0 Å². The molecule has 6 aromatic rings. The quantitative estimate of drug-likeness (QED) is 0.135. The van der Waals surface area contributed by atoms with E-state index in [1.165, 1.54) is 30.2 Å². The average molecular weight is 691 g/mol. The summed E-state index contributed by atoms with van der Waals surface area (Å²) in [7, 11) is 1.70. The predicted molar refractivity (Wildman–Crippen MR) is 197 cm³/mol. The standard InChI is InChI=1S/C40H42N4O5S/c1-23-43-34(22-50-23)31(16-26-21-42-33-11-9-27(18-30(26)33)48-15-13-45)32-19-28(47-2)20-36-38(32)39-37(24-6-4-3-5-7-24)29-10-8-25(40(41)46)17-35(29)44(39)12-14-49-36/h8-11,17-22,24,31,42,45H,3-7,12-16H2,1-2H3,(H2,41,46)/t31-/m0/s1. The molecule has 258 valence electrons. The molecule has 1 atom stereocenters. The molecule has 0 spiro atoms. The van der Waals surface area contributed by atoms with Crippen LogP contribution in [0.2, 0.25) is 0 Å². The van der Waals surface area contributed by atoms with Crippen LogP contribution in [0, 0.1) is 6.92 Å². The van der Waals surface area contributed by atoms with Gasteiger partial charge in [-0.05, 0) is 85.2 Å². The lowest BCUT2D eigenvalue weighted by molar-refractivity contribution is 0.100. The molecule has 0 saturated heterocycles. The zero-order chi connectivity index (χ0) is 34.4. The maximum Gasteiger partial charge on any atom is 0.248 e. The van der Waals surface area contributed by atoms with Crippen molar-refractivity contribution in [3.05, 3.63) is 93.1 Å². The molecule has 9 nitrogen and oxygen atoms in total. The molecule has 1 saturated carbocycles. The Morgan fingerprint density at radius 2 is 1.98 bits per heavy atom. The smallest absolute Gasteiger partial charge is 0.248 e. The zero-order valence-corrected chi connectivity index (χ0v) is 29.3. The van der Waals surface area contributed by atoms with E-state index < -0.39 is 5.91 Å². The van der Waals surface area contributed by atoms with Gasteiger partial charge in [0.05, 0.1) is 36.7 Å². The summed E-state index contributed by atoms with van der Waals surface area (Å²) in [6.45, 7) is 3.35. The van der Waals surface area contributed by atoms with E-state index in [0.29, 0.717) is 36.8 Å². The number of aliphatic hydroxyl groups excluding tert-OH is 1. The Kier molecular flexibility index (Phi) is 8.74. The van der Waals surface area contributed by atoms with Gasteiger partial charge in [0.2, 0.25) is 5.91 Å². The number of rotatable bonds is 10. The first kappa shape index (κ1) is 32.4. The minimum atomic E-state index is -0.431. The summed E-state index contributed by atoms with van der Waals surface area (Å²) in [6, 6.07) is 16.1. The minimum Gasteiger partial charge on any atom is -0.497 e. The monoisotopic (exact) mass is 690 g/mol. The third kappa shape index (κ3) is 5.80. The van der Waals surface area contributed by atoms with E-state index in [4.69, 9.17) is 24.9 Å². The number of hydrogen-bond acceptors (Lipinski definition) is 7. The average Bonchev–Trinajstić information content (AvgIpc) is 3.80. The lowest BCUT2D eigenvalue weighted by atomic mass is 9.79. The van der Waals surface area contributed by atoms with Crippen LogP contribution in [-0.2, 0) is 13.0 Å². The molecule has 4 N–H and O–H groups in total. The normalized spacial score (nSPS) is 15.3. The highest BCUT2D eigenvalue weighted by Gasteiger charge is 2.34. The van der Waals surface area contributed by atoms with E-state index in [9.17, 15) is 9.90 Å². The maximum atomic E-state index is 12.4. The number of nitrogens with zero attached hydrogens (tertiary/aromatic N) is 2. The van der Waals surface area contributed by atoms with Crippen molar-refractivity contribution in [2.75, 3.05) is 26.9 Å². The topological polar surface area (TPSA) is 125 Å². The van der Waals surface area contributed by atoms with Crippen LogP contribution < -0.4 is 19.9 Å². The molecule has 0 radical (unpaired) electrons. The van der Waals surface area contributed by atoms with Crippen molar-refractivity contribution >= 4 is 39.0 Å². The third-order valence-corrected chi connectivity index (χ3v) is 11.2. The molecule has 10 heteroatoms. The molecule has 3 aromatic heterocycles. The van der Waals surface area contributed by atoms with Gasteiger partial charge in [-0.25, -0.2) is 4.98 Å². The van der Waals surface area contributed by atoms with Crippen molar-refractivity contribution in [2.45, 2.75) is 63.8 Å². The SMILES string of the molecule is COc1cc2c(c([C@H](Cc3c[nH]c4ccc(OCCO)cc34)c3csc(C)n3)c1)-c1c(C3CCCCC3)c3ccc(C(N)=O)cc3n1CCO2. The second-order valence-electron chi connectivity index (χ2n) is 13.4. The molecule has 0 unspecified atom stereocenters. The van der Waals surface area contributed by atoms with Gasteiger partial charge in [-0.3, -0.25) is 4.79 Å². The fraction of sp³-hybridized carbons (Fsp3) is 0.350. The lowest BCUT2D eigenvalue weighted by Gasteiger charge is -2.26. The van der Waals surface area contributed by atoms with Crippen molar-refractivity contribution in [3.63, 3.8) is 0 Å². The number of H-pyrrole nitrogens is 1. The number of benzene rings is 3. The molecule has 3 aromatic carbocycles. The van der Waals surface area contributed by atoms with E-state index in [2.05, 4.69) is 33.3 Å². The Hall–Kier alpha value is -4.80. The Bertz CT molecular complexity index is 2210. The van der Waals surface area contributed by atoms with Crippen LogP contribution in [0.15, 0.2) is 60.1 Å². The number of aryl methyl sites for hydroxylation is 1. The summed E-state index contributed by atoms with van der Waals surface area (Å²) in [5.41, 5.74) is 15.1. The molecule has 0 bridgehead atoms. The number of methoxy groups -OCH3 is 1. The van der Waals surface area contributed by atoms with Crippen LogP contribution in [-0.4, -0.2) is 52.5 Å². The number of amides is 1. The molecule has 8 rings (SSSR count). The molecule has 4 heterocycles. The van der Waals surface area contributed by atoms with Crippen molar-refractivity contribution in [1.29, 1.82) is 0 Å². The fourth-order valence-corrected chi connectivity index (χ4v) is 8.83. The second-order valence-corrected chi connectivity index (χ2v) is 14.5. The van der Waals surface area contributed by atoms with Crippen LogP contribution in [0.25, 0.3) is 33.1 Å². The van der Waals surface area contributed by atoms with Crippen molar-refractivity contribution in [2.24, 2.45) is 5.73 Å². The van der Waals surface area contributed by atoms with Gasteiger partial charge in [0.25, 0.3) is 0 Å². The summed E-state index contributed by atoms with van der Waals surface area (Å²) in [4.78, 5) is 21.0. The van der Waals surface area contributed by atoms with E-state index in [-0.39, 0.29) is 19.1 Å². The minimum absolute atomic E-state index is 0.0459. The number of carbonyl (C=O) groups is 1. The second kappa shape index (κ2) is 13.5. The largest absolute Gasteiger partial charge is 0.497 e. The number of carbonyl (C=O) groups excluding carboxylic acids is 1.